The van der Waals surface area contributed by atoms with Gasteiger partial charge in [0.05, 0.1) is 0 Å². The third-order valence-electron chi connectivity index (χ3n) is 4.21. The zero-order chi connectivity index (χ0) is 11.1. The van der Waals surface area contributed by atoms with Gasteiger partial charge in [0.25, 0.3) is 0 Å². The van der Waals surface area contributed by atoms with Crippen molar-refractivity contribution in [2.24, 2.45) is 5.92 Å². The standard InChI is InChI=1S/C16H18/c1-11-6-7-13-8-9-14-4-3-5-15(12(11)2)16(14)10-13/h3-5,8-12H,6-7H2,1-2H3. The minimum Gasteiger partial charge on any atom is -0.0619 e. The molecule has 2 unspecified atom stereocenters. The fourth-order valence-electron chi connectivity index (χ4n) is 2.85. The zero-order valence-corrected chi connectivity index (χ0v) is 10.0. The average Bonchev–Trinajstić information content (AvgIpc) is 2.32. The fraction of sp³-hybridized carbons (Fsp3) is 0.375. The highest BCUT2D eigenvalue weighted by molar-refractivity contribution is 5.87. The van der Waals surface area contributed by atoms with Gasteiger partial charge in [-0.2, -0.15) is 0 Å². The molecule has 2 aromatic rings. The van der Waals surface area contributed by atoms with Crippen molar-refractivity contribution in [1.29, 1.82) is 0 Å². The van der Waals surface area contributed by atoms with Crippen molar-refractivity contribution in [2.75, 3.05) is 0 Å². The molecule has 0 saturated carbocycles. The Morgan fingerprint density at radius 3 is 2.81 bits per heavy atom. The first-order chi connectivity index (χ1) is 7.75. The molecule has 2 atom stereocenters. The van der Waals surface area contributed by atoms with Gasteiger partial charge >= 0.3 is 0 Å². The molecule has 0 aliphatic heterocycles. The quantitative estimate of drug-likeness (QED) is 0.599. The number of hydrogen-bond acceptors (Lipinski definition) is 0. The Hall–Kier alpha value is -1.30. The molecule has 0 radical (unpaired) electrons. The normalized spacial score (nSPS) is 24.4. The summed E-state index contributed by atoms with van der Waals surface area (Å²) in [7, 11) is 0. The van der Waals surface area contributed by atoms with Crippen molar-refractivity contribution in [1.82, 2.24) is 0 Å². The molecule has 2 aromatic carbocycles. The fourth-order valence-corrected chi connectivity index (χ4v) is 2.85. The molecule has 2 bridgehead atoms. The van der Waals surface area contributed by atoms with E-state index in [2.05, 4.69) is 50.2 Å². The Kier molecular flexibility index (Phi) is 2.24. The molecular formula is C16H18. The van der Waals surface area contributed by atoms with Crippen LogP contribution in [0.3, 0.4) is 0 Å². The number of fused-ring (bicyclic) bond motifs is 1. The lowest BCUT2D eigenvalue weighted by Crippen LogP contribution is -2.10. The second-order valence-corrected chi connectivity index (χ2v) is 5.21. The third kappa shape index (κ3) is 1.44. The van der Waals surface area contributed by atoms with Gasteiger partial charge in [-0.25, -0.2) is 0 Å². The van der Waals surface area contributed by atoms with Crippen LogP contribution in [0.4, 0.5) is 0 Å². The van der Waals surface area contributed by atoms with Crippen LogP contribution in [0.25, 0.3) is 10.8 Å². The van der Waals surface area contributed by atoms with E-state index >= 15 is 0 Å². The highest BCUT2D eigenvalue weighted by Gasteiger charge is 2.18. The summed E-state index contributed by atoms with van der Waals surface area (Å²) in [5, 5.41) is 2.86. The average molecular weight is 210 g/mol. The smallest absolute Gasteiger partial charge is 0.0146 e. The molecule has 0 nitrogen and oxygen atoms in total. The predicted molar refractivity (Wildman–Crippen MR) is 69.8 cm³/mol. The topological polar surface area (TPSA) is 0 Å². The van der Waals surface area contributed by atoms with Crippen LogP contribution in [0.15, 0.2) is 36.4 Å². The maximum absolute atomic E-state index is 2.40. The van der Waals surface area contributed by atoms with E-state index in [4.69, 9.17) is 0 Å². The van der Waals surface area contributed by atoms with Crippen LogP contribution in [0.5, 0.6) is 0 Å². The van der Waals surface area contributed by atoms with Crippen LogP contribution in [-0.4, -0.2) is 0 Å². The molecule has 16 heavy (non-hydrogen) atoms. The summed E-state index contributed by atoms with van der Waals surface area (Å²) in [6.45, 7) is 4.76. The van der Waals surface area contributed by atoms with Crippen molar-refractivity contribution >= 4 is 10.8 Å². The molecule has 0 fully saturated rings. The van der Waals surface area contributed by atoms with E-state index in [-0.39, 0.29) is 0 Å². The van der Waals surface area contributed by atoms with Crippen LogP contribution in [0.1, 0.15) is 37.3 Å². The van der Waals surface area contributed by atoms with Crippen LogP contribution in [0.2, 0.25) is 0 Å². The summed E-state index contributed by atoms with van der Waals surface area (Å²) >= 11 is 0. The highest BCUT2D eigenvalue weighted by atomic mass is 14.2. The second-order valence-electron chi connectivity index (χ2n) is 5.21. The van der Waals surface area contributed by atoms with E-state index in [1.165, 1.54) is 34.7 Å². The van der Waals surface area contributed by atoms with Crippen molar-refractivity contribution in [3.05, 3.63) is 47.5 Å². The lowest BCUT2D eigenvalue weighted by molar-refractivity contribution is 0.453. The maximum Gasteiger partial charge on any atom is -0.0146 e. The molecule has 0 spiro atoms. The van der Waals surface area contributed by atoms with Crippen molar-refractivity contribution in [3.8, 4) is 0 Å². The summed E-state index contributed by atoms with van der Waals surface area (Å²) in [4.78, 5) is 0. The van der Waals surface area contributed by atoms with E-state index in [1.54, 1.807) is 0 Å². The van der Waals surface area contributed by atoms with Crippen LogP contribution in [-0.2, 0) is 6.42 Å². The molecule has 0 saturated heterocycles. The Morgan fingerprint density at radius 2 is 1.94 bits per heavy atom. The molecule has 0 heteroatoms. The summed E-state index contributed by atoms with van der Waals surface area (Å²) < 4.78 is 0. The van der Waals surface area contributed by atoms with Gasteiger partial charge in [0.1, 0.15) is 0 Å². The van der Waals surface area contributed by atoms with Crippen molar-refractivity contribution in [3.63, 3.8) is 0 Å². The number of aryl methyl sites for hydroxylation is 1. The number of rotatable bonds is 0. The first-order valence-corrected chi connectivity index (χ1v) is 6.27. The minimum atomic E-state index is 0.680. The van der Waals surface area contributed by atoms with Crippen LogP contribution >= 0.6 is 0 Å². The van der Waals surface area contributed by atoms with E-state index in [0.717, 1.165) is 5.92 Å². The van der Waals surface area contributed by atoms with Gasteiger partial charge in [-0.1, -0.05) is 50.2 Å². The molecule has 1 aliphatic rings. The largest absolute Gasteiger partial charge is 0.0619 e. The van der Waals surface area contributed by atoms with Gasteiger partial charge in [-0.3, -0.25) is 0 Å². The first kappa shape index (κ1) is 9.89. The van der Waals surface area contributed by atoms with Gasteiger partial charge in [-0.15, -0.1) is 0 Å². The maximum atomic E-state index is 2.40. The summed E-state index contributed by atoms with van der Waals surface area (Å²) in [5.74, 6) is 1.46. The van der Waals surface area contributed by atoms with Gasteiger partial charge in [0.15, 0.2) is 0 Å². The molecule has 0 heterocycles. The van der Waals surface area contributed by atoms with E-state index in [1.807, 2.05) is 0 Å². The second kappa shape index (κ2) is 3.62. The summed E-state index contributed by atoms with van der Waals surface area (Å²) in [5.41, 5.74) is 3.03. The van der Waals surface area contributed by atoms with Crippen LogP contribution in [0, 0.1) is 5.92 Å². The first-order valence-electron chi connectivity index (χ1n) is 6.27. The molecular weight excluding hydrogens is 192 g/mol. The summed E-state index contributed by atoms with van der Waals surface area (Å²) in [6.07, 6.45) is 2.54. The lowest BCUT2D eigenvalue weighted by atomic mass is 9.80. The van der Waals surface area contributed by atoms with E-state index in [9.17, 15) is 0 Å². The number of benzene rings is 2. The number of hydrogen-bond donors (Lipinski definition) is 0. The molecule has 0 amide bonds. The van der Waals surface area contributed by atoms with Gasteiger partial charge in [0, 0.05) is 0 Å². The van der Waals surface area contributed by atoms with Crippen LogP contribution < -0.4 is 0 Å². The minimum absolute atomic E-state index is 0.680. The Morgan fingerprint density at radius 1 is 1.06 bits per heavy atom. The molecule has 82 valence electrons. The zero-order valence-electron chi connectivity index (χ0n) is 10.0. The third-order valence-corrected chi connectivity index (χ3v) is 4.21. The molecule has 3 rings (SSSR count). The van der Waals surface area contributed by atoms with Crippen molar-refractivity contribution < 1.29 is 0 Å². The molecule has 0 N–H and O–H groups in total. The van der Waals surface area contributed by atoms with E-state index in [0.29, 0.717) is 5.92 Å². The Labute approximate surface area is 97.3 Å². The van der Waals surface area contributed by atoms with Gasteiger partial charge in [-0.05, 0) is 46.6 Å². The van der Waals surface area contributed by atoms with Crippen molar-refractivity contribution in [2.45, 2.75) is 32.6 Å². The summed E-state index contributed by atoms with van der Waals surface area (Å²) in [6, 6.07) is 13.7. The van der Waals surface area contributed by atoms with Gasteiger partial charge < -0.3 is 0 Å². The Balaban J connectivity index is 2.33. The highest BCUT2D eigenvalue weighted by Crippen LogP contribution is 2.35. The lowest BCUT2D eigenvalue weighted by Gasteiger charge is -2.24. The van der Waals surface area contributed by atoms with E-state index < -0.39 is 0 Å². The SMILES string of the molecule is CC1CCc2ccc3cccc(c3c2)C1C. The molecule has 0 aromatic heterocycles. The van der Waals surface area contributed by atoms with Gasteiger partial charge in [0.2, 0.25) is 0 Å². The monoisotopic (exact) mass is 210 g/mol. The Bertz CT molecular complexity index is 525. The molecule has 1 aliphatic carbocycles. The predicted octanol–water partition coefficient (Wildman–Crippen LogP) is 4.53.